The Kier molecular flexibility index (Phi) is 5.75. The van der Waals surface area contributed by atoms with E-state index in [2.05, 4.69) is 16.7 Å². The van der Waals surface area contributed by atoms with E-state index in [4.69, 9.17) is 5.73 Å². The molecule has 0 radical (unpaired) electrons. The van der Waals surface area contributed by atoms with Crippen molar-refractivity contribution < 1.29 is 8.42 Å². The summed E-state index contributed by atoms with van der Waals surface area (Å²) in [4.78, 5) is 2.54. The monoisotopic (exact) mass is 311 g/mol. The minimum absolute atomic E-state index is 0.286. The standard InChI is InChI=1S/C15H25N3O2S/c1-18(14-6-2-3-7-14)10-9-17-21(19,20)15-8-4-5-13(11-15)12-16/h4-5,8,11,14,17H,2-3,6-7,9-10,12,16H2,1H3. The van der Waals surface area contributed by atoms with E-state index in [1.165, 1.54) is 25.7 Å². The molecule has 1 aliphatic rings. The molecule has 6 heteroatoms. The molecule has 3 N–H and O–H groups in total. The SMILES string of the molecule is CN(CCNS(=O)(=O)c1cccc(CN)c1)C1CCCC1. The molecule has 118 valence electrons. The first-order valence-electron chi connectivity index (χ1n) is 7.52. The molecule has 0 saturated heterocycles. The van der Waals surface area contributed by atoms with E-state index < -0.39 is 10.0 Å². The van der Waals surface area contributed by atoms with E-state index in [1.807, 2.05) is 6.07 Å². The van der Waals surface area contributed by atoms with Gasteiger partial charge < -0.3 is 10.6 Å². The van der Waals surface area contributed by atoms with Crippen LogP contribution in [0.15, 0.2) is 29.2 Å². The summed E-state index contributed by atoms with van der Waals surface area (Å²) in [6, 6.07) is 7.38. The lowest BCUT2D eigenvalue weighted by Gasteiger charge is -2.23. The highest BCUT2D eigenvalue weighted by Gasteiger charge is 2.20. The molecule has 0 aromatic heterocycles. The van der Waals surface area contributed by atoms with E-state index in [1.54, 1.807) is 18.2 Å². The average Bonchev–Trinajstić information content (AvgIpc) is 3.01. The van der Waals surface area contributed by atoms with Gasteiger partial charge in [0.2, 0.25) is 10.0 Å². The topological polar surface area (TPSA) is 75.4 Å². The van der Waals surface area contributed by atoms with Gasteiger partial charge in [0.25, 0.3) is 0 Å². The van der Waals surface area contributed by atoms with E-state index in [0.717, 1.165) is 12.1 Å². The molecule has 0 atom stereocenters. The summed E-state index contributed by atoms with van der Waals surface area (Å²) in [7, 11) is -1.38. The molecule has 5 nitrogen and oxygen atoms in total. The van der Waals surface area contributed by atoms with Crippen LogP contribution in [-0.4, -0.2) is 39.5 Å². The molecule has 0 unspecified atom stereocenters. The highest BCUT2D eigenvalue weighted by atomic mass is 32.2. The van der Waals surface area contributed by atoms with Gasteiger partial charge in [-0.3, -0.25) is 0 Å². The Morgan fingerprint density at radius 2 is 2.05 bits per heavy atom. The number of benzene rings is 1. The minimum Gasteiger partial charge on any atom is -0.326 e. The van der Waals surface area contributed by atoms with Gasteiger partial charge in [0.05, 0.1) is 4.90 Å². The maximum absolute atomic E-state index is 12.2. The van der Waals surface area contributed by atoms with E-state index in [-0.39, 0.29) is 4.90 Å². The lowest BCUT2D eigenvalue weighted by atomic mass is 10.2. The Morgan fingerprint density at radius 3 is 2.71 bits per heavy atom. The third-order valence-corrected chi connectivity index (χ3v) is 5.61. The van der Waals surface area contributed by atoms with E-state index in [0.29, 0.717) is 19.1 Å². The zero-order valence-electron chi connectivity index (χ0n) is 12.6. The van der Waals surface area contributed by atoms with Gasteiger partial charge in [-0.1, -0.05) is 25.0 Å². The van der Waals surface area contributed by atoms with Crippen LogP contribution in [0.3, 0.4) is 0 Å². The number of hydrogen-bond acceptors (Lipinski definition) is 4. The maximum atomic E-state index is 12.2. The van der Waals surface area contributed by atoms with Gasteiger partial charge in [0, 0.05) is 25.7 Å². The van der Waals surface area contributed by atoms with Crippen molar-refractivity contribution in [3.63, 3.8) is 0 Å². The Hall–Kier alpha value is -0.950. The predicted molar refractivity (Wildman–Crippen MR) is 84.4 cm³/mol. The van der Waals surface area contributed by atoms with Crippen molar-refractivity contribution in [2.24, 2.45) is 5.73 Å². The molecule has 1 saturated carbocycles. The van der Waals surface area contributed by atoms with Gasteiger partial charge in [-0.25, -0.2) is 13.1 Å². The number of nitrogens with one attached hydrogen (secondary N) is 1. The van der Waals surface area contributed by atoms with Gasteiger partial charge >= 0.3 is 0 Å². The van der Waals surface area contributed by atoms with Gasteiger partial charge in [-0.2, -0.15) is 0 Å². The number of nitrogens with zero attached hydrogens (tertiary/aromatic N) is 1. The number of rotatable bonds is 7. The molecule has 0 amide bonds. The molecule has 0 aliphatic heterocycles. The Balaban J connectivity index is 1.88. The van der Waals surface area contributed by atoms with Crippen LogP contribution < -0.4 is 10.5 Å². The minimum atomic E-state index is -3.44. The number of nitrogens with two attached hydrogens (primary N) is 1. The largest absolute Gasteiger partial charge is 0.326 e. The van der Waals surface area contributed by atoms with Gasteiger partial charge in [0.1, 0.15) is 0 Å². The molecule has 1 aromatic rings. The molecule has 1 aliphatic carbocycles. The lowest BCUT2D eigenvalue weighted by Crippen LogP contribution is -2.37. The van der Waals surface area contributed by atoms with Gasteiger partial charge in [0.15, 0.2) is 0 Å². The molecule has 0 spiro atoms. The van der Waals surface area contributed by atoms with Crippen LogP contribution in [0.5, 0.6) is 0 Å². The summed E-state index contributed by atoms with van der Waals surface area (Å²) < 4.78 is 27.1. The smallest absolute Gasteiger partial charge is 0.240 e. The van der Waals surface area contributed by atoms with Crippen LogP contribution in [0.25, 0.3) is 0 Å². The Labute approximate surface area is 127 Å². The number of sulfonamides is 1. The second kappa shape index (κ2) is 7.35. The fourth-order valence-electron chi connectivity index (χ4n) is 2.81. The highest BCUT2D eigenvalue weighted by Crippen LogP contribution is 2.21. The quantitative estimate of drug-likeness (QED) is 0.796. The summed E-state index contributed by atoms with van der Waals surface area (Å²) in [6.45, 7) is 1.51. The number of hydrogen-bond donors (Lipinski definition) is 2. The molecule has 0 heterocycles. The Morgan fingerprint density at radius 1 is 1.33 bits per heavy atom. The molecule has 1 aromatic carbocycles. The number of likely N-dealkylation sites (N-methyl/N-ethyl adjacent to an activating group) is 1. The van der Waals surface area contributed by atoms with Crippen molar-refractivity contribution in [1.29, 1.82) is 0 Å². The van der Waals surface area contributed by atoms with Gasteiger partial charge in [-0.05, 0) is 37.6 Å². The van der Waals surface area contributed by atoms with Crippen LogP contribution in [0.2, 0.25) is 0 Å². The van der Waals surface area contributed by atoms with Crippen molar-refractivity contribution in [3.05, 3.63) is 29.8 Å². The zero-order chi connectivity index (χ0) is 15.3. The fraction of sp³-hybridized carbons (Fsp3) is 0.600. The molecular formula is C15H25N3O2S. The molecule has 2 rings (SSSR count). The summed E-state index contributed by atoms with van der Waals surface area (Å²) in [5.41, 5.74) is 6.37. The average molecular weight is 311 g/mol. The third kappa shape index (κ3) is 4.51. The summed E-state index contributed by atoms with van der Waals surface area (Å²) in [6.07, 6.45) is 5.02. The van der Waals surface area contributed by atoms with E-state index in [9.17, 15) is 8.42 Å². The van der Waals surface area contributed by atoms with Crippen LogP contribution in [0.1, 0.15) is 31.2 Å². The fourth-order valence-corrected chi connectivity index (χ4v) is 3.90. The van der Waals surface area contributed by atoms with Crippen molar-refractivity contribution in [3.8, 4) is 0 Å². The molecule has 0 bridgehead atoms. The first kappa shape index (κ1) is 16.4. The summed E-state index contributed by atoms with van der Waals surface area (Å²) >= 11 is 0. The van der Waals surface area contributed by atoms with Crippen LogP contribution in [0.4, 0.5) is 0 Å². The molecule has 21 heavy (non-hydrogen) atoms. The maximum Gasteiger partial charge on any atom is 0.240 e. The first-order chi connectivity index (χ1) is 10.0. The van der Waals surface area contributed by atoms with Crippen molar-refractivity contribution >= 4 is 10.0 Å². The summed E-state index contributed by atoms with van der Waals surface area (Å²) in [5, 5.41) is 0. The predicted octanol–water partition coefficient (Wildman–Crippen LogP) is 1.30. The first-order valence-corrected chi connectivity index (χ1v) is 9.00. The second-order valence-electron chi connectivity index (χ2n) is 5.67. The summed E-state index contributed by atoms with van der Waals surface area (Å²) in [5.74, 6) is 0. The van der Waals surface area contributed by atoms with Crippen LogP contribution >= 0.6 is 0 Å². The van der Waals surface area contributed by atoms with Crippen molar-refractivity contribution in [2.75, 3.05) is 20.1 Å². The molecular weight excluding hydrogens is 286 g/mol. The normalized spacial score (nSPS) is 16.7. The second-order valence-corrected chi connectivity index (χ2v) is 7.44. The van der Waals surface area contributed by atoms with Crippen molar-refractivity contribution in [2.45, 2.75) is 43.2 Å². The van der Waals surface area contributed by atoms with Gasteiger partial charge in [-0.15, -0.1) is 0 Å². The third-order valence-electron chi connectivity index (χ3n) is 4.15. The molecule has 1 fully saturated rings. The Bertz CT molecular complexity index is 554. The van der Waals surface area contributed by atoms with Crippen molar-refractivity contribution in [1.82, 2.24) is 9.62 Å². The highest BCUT2D eigenvalue weighted by molar-refractivity contribution is 7.89. The van der Waals surface area contributed by atoms with E-state index >= 15 is 0 Å². The van der Waals surface area contributed by atoms with Crippen LogP contribution in [0, 0.1) is 0 Å². The van der Waals surface area contributed by atoms with Crippen LogP contribution in [-0.2, 0) is 16.6 Å². The zero-order valence-corrected chi connectivity index (χ0v) is 13.4. The lowest BCUT2D eigenvalue weighted by molar-refractivity contribution is 0.250.